The van der Waals surface area contributed by atoms with Gasteiger partial charge >= 0.3 is 0 Å². The Kier molecular flexibility index (Phi) is 6.10. The lowest BCUT2D eigenvalue weighted by atomic mass is 9.87. The molecule has 5 heteroatoms. The summed E-state index contributed by atoms with van der Waals surface area (Å²) < 4.78 is 25.0. The minimum absolute atomic E-state index is 0.137. The third kappa shape index (κ3) is 5.46. The van der Waals surface area contributed by atoms with Gasteiger partial charge in [0.25, 0.3) is 0 Å². The van der Waals surface area contributed by atoms with E-state index < -0.39 is 10.0 Å². The van der Waals surface area contributed by atoms with E-state index in [4.69, 9.17) is 0 Å². The molecule has 1 N–H and O–H groups in total. The number of hydrogen-bond acceptors (Lipinski definition) is 3. The summed E-state index contributed by atoms with van der Waals surface area (Å²) in [6, 6.07) is 6.55. The van der Waals surface area contributed by atoms with E-state index in [2.05, 4.69) is 50.6 Å². The summed E-state index contributed by atoms with van der Waals surface area (Å²) >= 11 is 1.74. The zero-order chi connectivity index (χ0) is 15.4. The van der Waals surface area contributed by atoms with Crippen LogP contribution in [0.2, 0.25) is 0 Å². The van der Waals surface area contributed by atoms with E-state index in [0.717, 1.165) is 5.75 Å². The Hall–Kier alpha value is -0.520. The molecule has 0 amide bonds. The van der Waals surface area contributed by atoms with Gasteiger partial charge in [-0.2, -0.15) is 0 Å². The molecule has 0 aliphatic rings. The van der Waals surface area contributed by atoms with Crippen LogP contribution in [0.1, 0.15) is 38.3 Å². The summed E-state index contributed by atoms with van der Waals surface area (Å²) in [6.45, 7) is 8.70. The van der Waals surface area contributed by atoms with Crippen LogP contribution in [0, 0.1) is 6.92 Å². The molecule has 0 radical (unpaired) electrons. The molecule has 0 saturated carbocycles. The normalized spacial score (nSPS) is 12.7. The Morgan fingerprint density at radius 1 is 1.25 bits per heavy atom. The summed E-state index contributed by atoms with van der Waals surface area (Å²) in [5.41, 5.74) is 2.70. The van der Waals surface area contributed by atoms with Crippen molar-refractivity contribution in [2.24, 2.45) is 0 Å². The molecule has 1 aromatic rings. The van der Waals surface area contributed by atoms with Crippen molar-refractivity contribution in [1.82, 2.24) is 4.72 Å². The molecule has 114 valence electrons. The van der Waals surface area contributed by atoms with E-state index >= 15 is 0 Å². The Bertz CT molecular complexity index is 545. The molecular weight excluding hydrogens is 290 g/mol. The van der Waals surface area contributed by atoms with Crippen molar-refractivity contribution < 1.29 is 8.42 Å². The molecule has 0 saturated heterocycles. The lowest BCUT2D eigenvalue weighted by Crippen LogP contribution is -2.22. The van der Waals surface area contributed by atoms with Gasteiger partial charge in [-0.25, -0.2) is 13.1 Å². The van der Waals surface area contributed by atoms with Gasteiger partial charge < -0.3 is 0 Å². The van der Waals surface area contributed by atoms with Crippen LogP contribution in [0.4, 0.5) is 0 Å². The van der Waals surface area contributed by atoms with Gasteiger partial charge in [-0.1, -0.05) is 32.9 Å². The van der Waals surface area contributed by atoms with Crippen molar-refractivity contribution in [3.05, 3.63) is 29.3 Å². The Morgan fingerprint density at radius 3 is 2.45 bits per heavy atom. The lowest BCUT2D eigenvalue weighted by molar-refractivity contribution is 0.587. The zero-order valence-corrected chi connectivity index (χ0v) is 14.6. The van der Waals surface area contributed by atoms with Crippen molar-refractivity contribution in [2.45, 2.75) is 44.4 Å². The highest BCUT2D eigenvalue weighted by molar-refractivity contribution is 7.99. The fraction of sp³-hybridized carbons (Fsp3) is 0.600. The molecule has 0 atom stereocenters. The zero-order valence-electron chi connectivity index (χ0n) is 13.0. The van der Waals surface area contributed by atoms with Gasteiger partial charge in [-0.3, -0.25) is 0 Å². The molecule has 0 unspecified atom stereocenters. The van der Waals surface area contributed by atoms with Crippen LogP contribution in [-0.2, 0) is 15.4 Å². The van der Waals surface area contributed by atoms with Gasteiger partial charge in [0.1, 0.15) is 0 Å². The molecule has 0 heterocycles. The van der Waals surface area contributed by atoms with Gasteiger partial charge in [-0.15, -0.1) is 11.8 Å². The van der Waals surface area contributed by atoms with Crippen LogP contribution < -0.4 is 4.72 Å². The fourth-order valence-corrected chi connectivity index (χ4v) is 3.68. The van der Waals surface area contributed by atoms with E-state index in [1.807, 2.05) is 0 Å². The fourth-order valence-electron chi connectivity index (χ4n) is 1.76. The molecule has 0 bridgehead atoms. The first-order valence-corrected chi connectivity index (χ1v) is 9.44. The highest BCUT2D eigenvalue weighted by Crippen LogP contribution is 2.30. The summed E-state index contributed by atoms with van der Waals surface area (Å²) in [4.78, 5) is 1.25. The van der Waals surface area contributed by atoms with E-state index in [1.165, 1.54) is 23.1 Å². The van der Waals surface area contributed by atoms with Crippen LogP contribution in [0.15, 0.2) is 23.1 Å². The predicted molar refractivity (Wildman–Crippen MR) is 88.1 cm³/mol. The quantitative estimate of drug-likeness (QED) is 0.647. The molecule has 1 rings (SSSR count). The molecule has 0 aliphatic heterocycles. The second kappa shape index (κ2) is 6.96. The number of thioether (sulfide) groups is 1. The SMILES string of the molecule is CNS(=O)(=O)CCCSc1cc(C(C)(C)C)ccc1C. The number of sulfonamides is 1. The summed E-state index contributed by atoms with van der Waals surface area (Å²) in [5, 5.41) is 0. The van der Waals surface area contributed by atoms with Crippen molar-refractivity contribution in [1.29, 1.82) is 0 Å². The maximum atomic E-state index is 11.3. The lowest BCUT2D eigenvalue weighted by Gasteiger charge is -2.20. The first-order valence-electron chi connectivity index (χ1n) is 6.81. The monoisotopic (exact) mass is 315 g/mol. The molecule has 20 heavy (non-hydrogen) atoms. The molecule has 0 spiro atoms. The van der Waals surface area contributed by atoms with Crippen LogP contribution in [0.5, 0.6) is 0 Å². The Balaban J connectivity index is 2.64. The van der Waals surface area contributed by atoms with E-state index in [1.54, 1.807) is 11.8 Å². The van der Waals surface area contributed by atoms with Crippen molar-refractivity contribution in [3.8, 4) is 0 Å². The van der Waals surface area contributed by atoms with Gasteiger partial charge in [0.2, 0.25) is 10.0 Å². The summed E-state index contributed by atoms with van der Waals surface area (Å²) in [6.07, 6.45) is 0.660. The standard InChI is InChI=1S/C15H25NO2S2/c1-12-7-8-13(15(2,3)4)11-14(12)19-9-6-10-20(17,18)16-5/h7-8,11,16H,6,9-10H2,1-5H3. The molecule has 0 fully saturated rings. The second-order valence-corrected chi connectivity index (χ2v) is 9.14. The van der Waals surface area contributed by atoms with Crippen LogP contribution in [0.3, 0.4) is 0 Å². The van der Waals surface area contributed by atoms with Gasteiger partial charge in [0.05, 0.1) is 5.75 Å². The summed E-state index contributed by atoms with van der Waals surface area (Å²) in [5.74, 6) is 1.00. The number of rotatable bonds is 6. The first-order chi connectivity index (χ1) is 9.15. The molecular formula is C15H25NO2S2. The van der Waals surface area contributed by atoms with Crippen LogP contribution in [-0.4, -0.2) is 27.0 Å². The Morgan fingerprint density at radius 2 is 1.90 bits per heavy atom. The van der Waals surface area contributed by atoms with E-state index in [-0.39, 0.29) is 11.2 Å². The number of benzene rings is 1. The predicted octanol–water partition coefficient (Wildman–Crippen LogP) is 3.32. The highest BCUT2D eigenvalue weighted by Gasteiger charge is 2.15. The Labute approximate surface area is 127 Å². The number of nitrogens with one attached hydrogen (secondary N) is 1. The minimum Gasteiger partial charge on any atom is -0.218 e. The maximum Gasteiger partial charge on any atom is 0.211 e. The third-order valence-electron chi connectivity index (χ3n) is 3.18. The number of hydrogen-bond donors (Lipinski definition) is 1. The van der Waals surface area contributed by atoms with Crippen LogP contribution >= 0.6 is 11.8 Å². The molecule has 3 nitrogen and oxygen atoms in total. The smallest absolute Gasteiger partial charge is 0.211 e. The van der Waals surface area contributed by atoms with Crippen molar-refractivity contribution in [2.75, 3.05) is 18.6 Å². The number of aryl methyl sites for hydroxylation is 1. The van der Waals surface area contributed by atoms with Gasteiger partial charge in [-0.05, 0) is 48.8 Å². The van der Waals surface area contributed by atoms with Crippen LogP contribution in [0.25, 0.3) is 0 Å². The molecule has 0 aliphatic carbocycles. The van der Waals surface area contributed by atoms with E-state index in [0.29, 0.717) is 6.42 Å². The first kappa shape index (κ1) is 17.5. The van der Waals surface area contributed by atoms with Crippen molar-refractivity contribution in [3.63, 3.8) is 0 Å². The van der Waals surface area contributed by atoms with E-state index in [9.17, 15) is 8.42 Å². The average Bonchev–Trinajstić information content (AvgIpc) is 2.35. The second-order valence-electron chi connectivity index (χ2n) is 5.96. The highest BCUT2D eigenvalue weighted by atomic mass is 32.2. The molecule has 1 aromatic carbocycles. The van der Waals surface area contributed by atoms with Crippen molar-refractivity contribution >= 4 is 21.8 Å². The average molecular weight is 316 g/mol. The minimum atomic E-state index is -3.08. The van der Waals surface area contributed by atoms with Gasteiger partial charge in [0, 0.05) is 4.90 Å². The summed E-state index contributed by atoms with van der Waals surface area (Å²) in [7, 11) is -1.62. The largest absolute Gasteiger partial charge is 0.218 e. The topological polar surface area (TPSA) is 46.2 Å². The van der Waals surface area contributed by atoms with Gasteiger partial charge in [0.15, 0.2) is 0 Å². The molecule has 0 aromatic heterocycles. The third-order valence-corrected chi connectivity index (χ3v) is 5.87. The maximum absolute atomic E-state index is 11.3.